The van der Waals surface area contributed by atoms with Crippen molar-refractivity contribution in [3.63, 3.8) is 0 Å². The van der Waals surface area contributed by atoms with Crippen LogP contribution in [0.5, 0.6) is 5.75 Å². The van der Waals surface area contributed by atoms with Crippen LogP contribution in [0.25, 0.3) is 10.9 Å². The van der Waals surface area contributed by atoms with E-state index in [0.29, 0.717) is 6.61 Å². The second-order valence-electron chi connectivity index (χ2n) is 4.08. The van der Waals surface area contributed by atoms with Crippen LogP contribution in [0.15, 0.2) is 47.1 Å². The molecule has 1 aromatic carbocycles. The molecule has 0 bridgehead atoms. The summed E-state index contributed by atoms with van der Waals surface area (Å²) in [4.78, 5) is 4.26. The zero-order chi connectivity index (χ0) is 12.4. The Labute approximate surface area is 104 Å². The van der Waals surface area contributed by atoms with Crippen LogP contribution in [-0.2, 0) is 6.61 Å². The van der Waals surface area contributed by atoms with Crippen LogP contribution in [0.4, 0.5) is 0 Å². The fourth-order valence-electron chi connectivity index (χ4n) is 1.78. The van der Waals surface area contributed by atoms with Gasteiger partial charge < -0.3 is 9.26 Å². The van der Waals surface area contributed by atoms with Crippen LogP contribution in [-0.4, -0.2) is 10.1 Å². The molecule has 0 spiro atoms. The van der Waals surface area contributed by atoms with E-state index < -0.39 is 0 Å². The van der Waals surface area contributed by atoms with Gasteiger partial charge >= 0.3 is 0 Å². The van der Waals surface area contributed by atoms with Crippen LogP contribution >= 0.6 is 0 Å². The third kappa shape index (κ3) is 2.18. The van der Waals surface area contributed by atoms with Gasteiger partial charge in [0.2, 0.25) is 0 Å². The first kappa shape index (κ1) is 10.8. The Hall–Kier alpha value is -2.36. The van der Waals surface area contributed by atoms with Crippen molar-refractivity contribution in [1.82, 2.24) is 10.1 Å². The van der Waals surface area contributed by atoms with E-state index in [1.807, 2.05) is 43.3 Å². The topological polar surface area (TPSA) is 48.2 Å². The minimum Gasteiger partial charge on any atom is -0.486 e. The van der Waals surface area contributed by atoms with Gasteiger partial charge in [-0.3, -0.25) is 4.98 Å². The monoisotopic (exact) mass is 240 g/mol. The Bertz CT molecular complexity index is 676. The molecule has 3 aromatic rings. The summed E-state index contributed by atoms with van der Waals surface area (Å²) < 4.78 is 10.7. The quantitative estimate of drug-likeness (QED) is 0.705. The van der Waals surface area contributed by atoms with Gasteiger partial charge in [0, 0.05) is 17.6 Å². The van der Waals surface area contributed by atoms with Gasteiger partial charge in [0.25, 0.3) is 0 Å². The molecule has 0 N–H and O–H groups in total. The Kier molecular flexibility index (Phi) is 2.68. The van der Waals surface area contributed by atoms with E-state index in [9.17, 15) is 0 Å². The summed E-state index contributed by atoms with van der Waals surface area (Å²) in [6.45, 7) is 2.27. The van der Waals surface area contributed by atoms with Gasteiger partial charge in [-0.25, -0.2) is 0 Å². The minimum absolute atomic E-state index is 0.382. The third-order valence-corrected chi connectivity index (χ3v) is 2.63. The molecule has 0 radical (unpaired) electrons. The first-order valence-electron chi connectivity index (χ1n) is 5.71. The Morgan fingerprint density at radius 3 is 3.00 bits per heavy atom. The lowest BCUT2D eigenvalue weighted by Crippen LogP contribution is -1.93. The highest BCUT2D eigenvalue weighted by atomic mass is 16.5. The number of aryl methyl sites for hydroxylation is 1. The molecule has 0 saturated carbocycles. The second-order valence-corrected chi connectivity index (χ2v) is 4.08. The normalized spacial score (nSPS) is 10.7. The van der Waals surface area contributed by atoms with Crippen molar-refractivity contribution in [3.8, 4) is 5.75 Å². The lowest BCUT2D eigenvalue weighted by atomic mass is 10.2. The van der Waals surface area contributed by atoms with Crippen LogP contribution in [0.3, 0.4) is 0 Å². The SMILES string of the molecule is Cc1cc(COc2ccc3ncccc3c2)on1. The van der Waals surface area contributed by atoms with Crippen molar-refractivity contribution in [2.45, 2.75) is 13.5 Å². The van der Waals surface area contributed by atoms with Crippen molar-refractivity contribution in [1.29, 1.82) is 0 Å². The van der Waals surface area contributed by atoms with Crippen molar-refractivity contribution in [3.05, 3.63) is 54.0 Å². The maximum Gasteiger partial charge on any atom is 0.174 e. The molecule has 0 atom stereocenters. The Balaban J connectivity index is 1.78. The number of benzene rings is 1. The molecular weight excluding hydrogens is 228 g/mol. The smallest absolute Gasteiger partial charge is 0.174 e. The molecule has 0 amide bonds. The van der Waals surface area contributed by atoms with Crippen LogP contribution in [0.2, 0.25) is 0 Å². The number of nitrogens with zero attached hydrogens (tertiary/aromatic N) is 2. The molecule has 0 aliphatic carbocycles. The summed E-state index contributed by atoms with van der Waals surface area (Å²) in [5, 5.41) is 4.87. The van der Waals surface area contributed by atoms with Gasteiger partial charge in [-0.05, 0) is 31.2 Å². The molecule has 4 heteroatoms. The van der Waals surface area contributed by atoms with Gasteiger partial charge in [0.05, 0.1) is 11.2 Å². The average Bonchev–Trinajstić information content (AvgIpc) is 2.82. The van der Waals surface area contributed by atoms with Gasteiger partial charge in [-0.2, -0.15) is 0 Å². The molecule has 0 fully saturated rings. The van der Waals surface area contributed by atoms with Gasteiger partial charge in [-0.1, -0.05) is 11.2 Å². The molecule has 0 saturated heterocycles. The summed E-state index contributed by atoms with van der Waals surface area (Å²) in [5.41, 5.74) is 1.82. The Morgan fingerprint density at radius 1 is 1.22 bits per heavy atom. The number of fused-ring (bicyclic) bond motifs is 1. The van der Waals surface area contributed by atoms with Gasteiger partial charge in [-0.15, -0.1) is 0 Å². The predicted molar refractivity (Wildman–Crippen MR) is 67.3 cm³/mol. The summed E-state index contributed by atoms with van der Waals surface area (Å²) in [7, 11) is 0. The molecular formula is C14H12N2O2. The molecule has 0 aliphatic rings. The largest absolute Gasteiger partial charge is 0.486 e. The van der Waals surface area contributed by atoms with Crippen LogP contribution in [0.1, 0.15) is 11.5 Å². The minimum atomic E-state index is 0.382. The summed E-state index contributed by atoms with van der Waals surface area (Å²) in [6, 6.07) is 11.6. The molecule has 2 aromatic heterocycles. The standard InChI is InChI=1S/C14H12N2O2/c1-10-7-13(18-16-10)9-17-12-4-5-14-11(8-12)3-2-6-15-14/h2-8H,9H2,1H3. The van der Waals surface area contributed by atoms with Gasteiger partial charge in [0.15, 0.2) is 5.76 Å². The molecule has 0 unspecified atom stereocenters. The number of aromatic nitrogens is 2. The van der Waals surface area contributed by atoms with Crippen molar-refractivity contribution in [2.24, 2.45) is 0 Å². The van der Waals surface area contributed by atoms with Crippen molar-refractivity contribution in [2.75, 3.05) is 0 Å². The summed E-state index contributed by atoms with van der Waals surface area (Å²) in [5.74, 6) is 1.52. The summed E-state index contributed by atoms with van der Waals surface area (Å²) >= 11 is 0. The first-order chi connectivity index (χ1) is 8.81. The number of hydrogen-bond acceptors (Lipinski definition) is 4. The molecule has 4 nitrogen and oxygen atoms in total. The van der Waals surface area contributed by atoms with E-state index in [-0.39, 0.29) is 0 Å². The fraction of sp³-hybridized carbons (Fsp3) is 0.143. The summed E-state index contributed by atoms with van der Waals surface area (Å²) in [6.07, 6.45) is 1.78. The number of rotatable bonds is 3. The number of hydrogen-bond donors (Lipinski definition) is 0. The van der Waals surface area contributed by atoms with E-state index in [1.54, 1.807) is 6.20 Å². The number of pyridine rings is 1. The van der Waals surface area contributed by atoms with E-state index in [2.05, 4.69) is 10.1 Å². The fourth-order valence-corrected chi connectivity index (χ4v) is 1.78. The van der Waals surface area contributed by atoms with Crippen LogP contribution < -0.4 is 4.74 Å². The molecule has 3 rings (SSSR count). The van der Waals surface area contributed by atoms with Crippen LogP contribution in [0, 0.1) is 6.92 Å². The maximum atomic E-state index is 5.65. The Morgan fingerprint density at radius 2 is 2.17 bits per heavy atom. The van der Waals surface area contributed by atoms with Crippen molar-refractivity contribution >= 4 is 10.9 Å². The van der Waals surface area contributed by atoms with E-state index in [1.165, 1.54) is 0 Å². The van der Waals surface area contributed by atoms with E-state index >= 15 is 0 Å². The zero-order valence-electron chi connectivity index (χ0n) is 9.96. The van der Waals surface area contributed by atoms with E-state index in [0.717, 1.165) is 28.1 Å². The highest BCUT2D eigenvalue weighted by Gasteiger charge is 2.02. The van der Waals surface area contributed by atoms with E-state index in [4.69, 9.17) is 9.26 Å². The third-order valence-electron chi connectivity index (χ3n) is 2.63. The maximum absolute atomic E-state index is 5.65. The highest BCUT2D eigenvalue weighted by Crippen LogP contribution is 2.20. The number of ether oxygens (including phenoxy) is 1. The lowest BCUT2D eigenvalue weighted by molar-refractivity contribution is 0.249. The van der Waals surface area contributed by atoms with Crippen molar-refractivity contribution < 1.29 is 9.26 Å². The first-order valence-corrected chi connectivity index (χ1v) is 5.71. The molecule has 0 aliphatic heterocycles. The van der Waals surface area contributed by atoms with Gasteiger partial charge in [0.1, 0.15) is 12.4 Å². The molecule has 90 valence electrons. The lowest BCUT2D eigenvalue weighted by Gasteiger charge is -2.04. The molecule has 18 heavy (non-hydrogen) atoms. The average molecular weight is 240 g/mol. The highest BCUT2D eigenvalue weighted by molar-refractivity contribution is 5.79. The zero-order valence-corrected chi connectivity index (χ0v) is 9.96. The second kappa shape index (κ2) is 4.49. The molecule has 2 heterocycles. The predicted octanol–water partition coefficient (Wildman–Crippen LogP) is 3.11.